The molecule has 2 saturated carbocycles. The second-order valence-corrected chi connectivity index (χ2v) is 6.11. The molecule has 0 aromatic rings. The number of nitriles is 1. The average Bonchev–Trinajstić information content (AvgIpc) is 3.31. The Hall–Kier alpha value is -1.61. The lowest BCUT2D eigenvalue weighted by Crippen LogP contribution is -2.51. The molecule has 0 spiro atoms. The summed E-state index contributed by atoms with van der Waals surface area (Å²) >= 11 is 0. The Morgan fingerprint density at radius 2 is 2.00 bits per heavy atom. The molecule has 0 radical (unpaired) electrons. The van der Waals surface area contributed by atoms with Gasteiger partial charge in [0.25, 0.3) is 5.91 Å². The van der Waals surface area contributed by atoms with E-state index in [1.807, 2.05) is 6.07 Å². The molecule has 2 aliphatic rings. The van der Waals surface area contributed by atoms with E-state index in [2.05, 4.69) is 5.32 Å². The maximum Gasteiger partial charge on any atom is 0.252 e. The summed E-state index contributed by atoms with van der Waals surface area (Å²) in [7, 11) is 0. The van der Waals surface area contributed by atoms with E-state index in [9.17, 15) is 20.0 Å². The number of carbonyl (C=O) groups is 2. The largest absolute Gasteiger partial charge is 0.380 e. The highest BCUT2D eigenvalue weighted by Gasteiger charge is 2.34. The van der Waals surface area contributed by atoms with Gasteiger partial charge in [0.05, 0.1) is 6.07 Å². The Morgan fingerprint density at radius 3 is 2.52 bits per heavy atom. The van der Waals surface area contributed by atoms with Crippen LogP contribution in [0.2, 0.25) is 0 Å². The van der Waals surface area contributed by atoms with Crippen molar-refractivity contribution in [3.8, 4) is 6.07 Å². The number of aliphatic hydroxyl groups is 1. The summed E-state index contributed by atoms with van der Waals surface area (Å²) in [6.45, 7) is 0.440. The highest BCUT2D eigenvalue weighted by molar-refractivity contribution is 5.82. The number of amides is 2. The number of nitrogens with zero attached hydrogens (tertiary/aromatic N) is 2. The zero-order valence-corrected chi connectivity index (χ0v) is 12.2. The van der Waals surface area contributed by atoms with Crippen LogP contribution in [0.1, 0.15) is 44.9 Å². The molecule has 2 N–H and O–H groups in total. The monoisotopic (exact) mass is 293 g/mol. The first-order valence-corrected chi connectivity index (χ1v) is 7.74. The van der Waals surface area contributed by atoms with Gasteiger partial charge in [-0.25, -0.2) is 0 Å². The van der Waals surface area contributed by atoms with Crippen LogP contribution in [0.3, 0.4) is 0 Å². The normalized spacial score (nSPS) is 21.9. The number of nitrogens with one attached hydrogen (secondary N) is 1. The zero-order chi connectivity index (χ0) is 15.2. The third-order valence-corrected chi connectivity index (χ3v) is 4.31. The van der Waals surface area contributed by atoms with Crippen LogP contribution in [0.4, 0.5) is 0 Å². The Morgan fingerprint density at radius 1 is 1.33 bits per heavy atom. The molecule has 0 heterocycles. The molecule has 116 valence electrons. The second kappa shape index (κ2) is 7.41. The number of rotatable bonds is 7. The van der Waals surface area contributed by atoms with Crippen molar-refractivity contribution >= 4 is 12.3 Å². The fourth-order valence-corrected chi connectivity index (χ4v) is 2.87. The van der Waals surface area contributed by atoms with Gasteiger partial charge in [-0.3, -0.25) is 9.59 Å². The Kier molecular flexibility index (Phi) is 5.57. The molecule has 2 aliphatic carbocycles. The van der Waals surface area contributed by atoms with Crippen molar-refractivity contribution in [2.45, 2.75) is 63.1 Å². The van der Waals surface area contributed by atoms with Crippen LogP contribution in [-0.4, -0.2) is 47.1 Å². The van der Waals surface area contributed by atoms with E-state index in [1.165, 1.54) is 11.3 Å². The molecule has 0 bridgehead atoms. The molecule has 0 aromatic carbocycles. The molecule has 0 aromatic heterocycles. The first kappa shape index (κ1) is 15.8. The van der Waals surface area contributed by atoms with Gasteiger partial charge in [0.1, 0.15) is 0 Å². The topological polar surface area (TPSA) is 93.4 Å². The molecule has 2 atom stereocenters. The van der Waals surface area contributed by atoms with Crippen molar-refractivity contribution in [1.82, 2.24) is 10.2 Å². The van der Waals surface area contributed by atoms with Crippen LogP contribution in [0.5, 0.6) is 0 Å². The summed E-state index contributed by atoms with van der Waals surface area (Å²) < 4.78 is 0. The van der Waals surface area contributed by atoms with Crippen molar-refractivity contribution in [2.75, 3.05) is 6.54 Å². The molecule has 2 amide bonds. The summed E-state index contributed by atoms with van der Waals surface area (Å²) in [5.41, 5.74) is 0. The predicted molar refractivity (Wildman–Crippen MR) is 75.9 cm³/mol. The van der Waals surface area contributed by atoms with E-state index in [-0.39, 0.29) is 6.04 Å². The van der Waals surface area contributed by atoms with Gasteiger partial charge in [0.15, 0.2) is 12.1 Å². The third kappa shape index (κ3) is 4.43. The standard InChI is InChI=1S/C15H23N3O3/c16-8-13(14(20)15(21)17-12-6-7-12)18(10-19)9-11-4-2-1-3-5-11/h10-14,20H,1-7,9H2,(H,17,21). The quantitative estimate of drug-likeness (QED) is 0.671. The smallest absolute Gasteiger partial charge is 0.252 e. The molecule has 0 saturated heterocycles. The van der Waals surface area contributed by atoms with Gasteiger partial charge in [0.2, 0.25) is 6.41 Å². The molecule has 0 aliphatic heterocycles. The number of hydrogen-bond donors (Lipinski definition) is 2. The van der Waals surface area contributed by atoms with Gasteiger partial charge in [-0.1, -0.05) is 19.3 Å². The predicted octanol–water partition coefficient (Wildman–Crippen LogP) is 0.557. The fraction of sp³-hybridized carbons (Fsp3) is 0.800. The minimum atomic E-state index is -1.48. The number of hydrogen-bond acceptors (Lipinski definition) is 4. The third-order valence-electron chi connectivity index (χ3n) is 4.31. The molecule has 2 unspecified atom stereocenters. The Labute approximate surface area is 125 Å². The average molecular weight is 293 g/mol. The Balaban J connectivity index is 1.93. The lowest BCUT2D eigenvalue weighted by molar-refractivity contribution is -0.134. The first-order chi connectivity index (χ1) is 10.2. The van der Waals surface area contributed by atoms with Crippen LogP contribution in [0, 0.1) is 17.2 Å². The lowest BCUT2D eigenvalue weighted by atomic mass is 9.88. The van der Waals surface area contributed by atoms with E-state index in [0.29, 0.717) is 18.9 Å². The van der Waals surface area contributed by atoms with Gasteiger partial charge >= 0.3 is 0 Å². The maximum absolute atomic E-state index is 11.9. The Bertz CT molecular complexity index is 411. The molecular formula is C15H23N3O3. The van der Waals surface area contributed by atoms with Crippen LogP contribution in [0.15, 0.2) is 0 Å². The second-order valence-electron chi connectivity index (χ2n) is 6.11. The SMILES string of the molecule is N#CC(C(O)C(=O)NC1CC1)N(C=O)CC1CCCCC1. The highest BCUT2D eigenvalue weighted by atomic mass is 16.3. The minimum absolute atomic E-state index is 0.120. The highest BCUT2D eigenvalue weighted by Crippen LogP contribution is 2.25. The minimum Gasteiger partial charge on any atom is -0.380 e. The van der Waals surface area contributed by atoms with Gasteiger partial charge in [0, 0.05) is 12.6 Å². The van der Waals surface area contributed by atoms with Crippen molar-refractivity contribution < 1.29 is 14.7 Å². The van der Waals surface area contributed by atoms with Crippen LogP contribution in [-0.2, 0) is 9.59 Å². The molecule has 2 fully saturated rings. The van der Waals surface area contributed by atoms with Crippen molar-refractivity contribution in [3.05, 3.63) is 0 Å². The van der Waals surface area contributed by atoms with Crippen molar-refractivity contribution in [1.29, 1.82) is 5.26 Å². The van der Waals surface area contributed by atoms with Crippen LogP contribution < -0.4 is 5.32 Å². The van der Waals surface area contributed by atoms with Crippen LogP contribution >= 0.6 is 0 Å². The molecule has 2 rings (SSSR count). The first-order valence-electron chi connectivity index (χ1n) is 7.74. The van der Waals surface area contributed by atoms with Gasteiger partial charge < -0.3 is 15.3 Å². The van der Waals surface area contributed by atoms with E-state index < -0.39 is 18.1 Å². The molecule has 6 heteroatoms. The zero-order valence-electron chi connectivity index (χ0n) is 12.2. The summed E-state index contributed by atoms with van der Waals surface area (Å²) in [5.74, 6) is -0.196. The fourth-order valence-electron chi connectivity index (χ4n) is 2.87. The van der Waals surface area contributed by atoms with Gasteiger partial charge in [-0.05, 0) is 31.6 Å². The van der Waals surface area contributed by atoms with Crippen LogP contribution in [0.25, 0.3) is 0 Å². The molecule has 21 heavy (non-hydrogen) atoms. The maximum atomic E-state index is 11.9. The summed E-state index contributed by atoms with van der Waals surface area (Å²) in [5, 5.41) is 22.0. The lowest BCUT2D eigenvalue weighted by Gasteiger charge is -2.31. The van der Waals surface area contributed by atoms with E-state index in [1.54, 1.807) is 0 Å². The van der Waals surface area contributed by atoms with Crippen molar-refractivity contribution in [2.24, 2.45) is 5.92 Å². The van der Waals surface area contributed by atoms with E-state index >= 15 is 0 Å². The molecular weight excluding hydrogens is 270 g/mol. The van der Waals surface area contributed by atoms with E-state index in [4.69, 9.17) is 0 Å². The van der Waals surface area contributed by atoms with Gasteiger partial charge in [-0.2, -0.15) is 5.26 Å². The van der Waals surface area contributed by atoms with E-state index in [0.717, 1.165) is 38.5 Å². The van der Waals surface area contributed by atoms with Gasteiger partial charge in [-0.15, -0.1) is 0 Å². The summed E-state index contributed by atoms with van der Waals surface area (Å²) in [6.07, 6.45) is 6.48. The number of aliphatic hydroxyl groups excluding tert-OH is 1. The summed E-state index contributed by atoms with van der Waals surface area (Å²) in [6, 6.07) is 0.913. The summed E-state index contributed by atoms with van der Waals surface area (Å²) in [4.78, 5) is 24.4. The van der Waals surface area contributed by atoms with Crippen molar-refractivity contribution in [3.63, 3.8) is 0 Å². The number of carbonyl (C=O) groups excluding carboxylic acids is 2. The molecule has 6 nitrogen and oxygen atoms in total.